The van der Waals surface area contributed by atoms with Crippen LogP contribution in [-0.4, -0.2) is 51.3 Å². The van der Waals surface area contributed by atoms with Crippen LogP contribution in [0.2, 0.25) is 0 Å². The fraction of sp³-hybridized carbons (Fsp3) is 0.231. The van der Waals surface area contributed by atoms with Crippen molar-refractivity contribution in [1.29, 1.82) is 0 Å². The molecule has 0 aromatic carbocycles. The van der Waals surface area contributed by atoms with Crippen LogP contribution in [0.3, 0.4) is 0 Å². The molecule has 0 atom stereocenters. The van der Waals surface area contributed by atoms with Crippen molar-refractivity contribution < 1.29 is 9.59 Å². The van der Waals surface area contributed by atoms with Gasteiger partial charge in [-0.05, 0) is 6.08 Å². The van der Waals surface area contributed by atoms with Crippen LogP contribution in [0, 0.1) is 0 Å². The third kappa shape index (κ3) is 1.93. The van der Waals surface area contributed by atoms with Gasteiger partial charge in [0, 0.05) is 25.5 Å². The molecule has 1 aliphatic heterocycles. The summed E-state index contributed by atoms with van der Waals surface area (Å²) in [5.74, 6) is -0.350. The molecule has 3 heterocycles. The van der Waals surface area contributed by atoms with Crippen LogP contribution >= 0.6 is 0 Å². The summed E-state index contributed by atoms with van der Waals surface area (Å²) >= 11 is 0. The molecule has 7 heteroatoms. The molecule has 1 N–H and O–H groups in total. The molecule has 2 amide bonds. The topological polar surface area (TPSA) is 82.2 Å². The Balaban J connectivity index is 1.87. The zero-order chi connectivity index (χ0) is 14.1. The molecule has 2 aromatic rings. The van der Waals surface area contributed by atoms with Crippen LogP contribution in [0.5, 0.6) is 0 Å². The molecule has 0 spiro atoms. The van der Waals surface area contributed by atoms with Gasteiger partial charge in [-0.2, -0.15) is 0 Å². The van der Waals surface area contributed by atoms with Crippen molar-refractivity contribution in [2.24, 2.45) is 0 Å². The van der Waals surface area contributed by atoms with E-state index in [0.717, 1.165) is 11.1 Å². The van der Waals surface area contributed by atoms with Gasteiger partial charge in [0.05, 0.1) is 11.1 Å². The number of nitrogens with zero attached hydrogens (tertiary/aromatic N) is 4. The maximum absolute atomic E-state index is 12.2. The highest BCUT2D eigenvalue weighted by Crippen LogP contribution is 2.26. The number of anilines is 1. The van der Waals surface area contributed by atoms with Gasteiger partial charge in [-0.1, -0.05) is 6.58 Å². The first-order chi connectivity index (χ1) is 9.70. The molecule has 1 fully saturated rings. The maximum Gasteiger partial charge on any atom is 0.246 e. The van der Waals surface area contributed by atoms with Gasteiger partial charge in [0.15, 0.2) is 0 Å². The van der Waals surface area contributed by atoms with Gasteiger partial charge in [0.2, 0.25) is 11.8 Å². The number of fused-ring (bicyclic) bond motifs is 1. The lowest BCUT2D eigenvalue weighted by Crippen LogP contribution is -2.52. The molecule has 7 nitrogen and oxygen atoms in total. The number of amides is 2. The Kier molecular flexibility index (Phi) is 2.94. The number of aromatic nitrogens is 3. The summed E-state index contributed by atoms with van der Waals surface area (Å²) in [6, 6.07) is 0. The number of carbonyl (C=O) groups is 2. The lowest BCUT2D eigenvalue weighted by Gasteiger charge is -2.33. The minimum absolute atomic E-state index is 0.0607. The van der Waals surface area contributed by atoms with Gasteiger partial charge < -0.3 is 14.8 Å². The third-order valence-corrected chi connectivity index (χ3v) is 3.33. The van der Waals surface area contributed by atoms with E-state index in [1.54, 1.807) is 17.3 Å². The predicted molar refractivity (Wildman–Crippen MR) is 73.0 cm³/mol. The number of aromatic amines is 1. The van der Waals surface area contributed by atoms with Gasteiger partial charge in [0.25, 0.3) is 0 Å². The number of piperazine rings is 1. The molecule has 0 unspecified atom stereocenters. The summed E-state index contributed by atoms with van der Waals surface area (Å²) < 4.78 is 0. The van der Waals surface area contributed by atoms with E-state index in [0.29, 0.717) is 18.7 Å². The molecular weight excluding hydrogens is 258 g/mol. The van der Waals surface area contributed by atoms with Crippen molar-refractivity contribution in [3.05, 3.63) is 31.4 Å². The molecule has 0 radical (unpaired) electrons. The largest absolute Gasteiger partial charge is 0.344 e. The Bertz CT molecular complexity index is 693. The lowest BCUT2D eigenvalue weighted by molar-refractivity contribution is -0.133. The first-order valence-electron chi connectivity index (χ1n) is 6.19. The normalized spacial score (nSPS) is 15.7. The SMILES string of the molecule is C=CC(=O)N1CCN(c2c[nH]c3ncncc23)C(=O)C1. The van der Waals surface area contributed by atoms with Crippen molar-refractivity contribution >= 4 is 28.5 Å². The van der Waals surface area contributed by atoms with E-state index in [1.807, 2.05) is 0 Å². The molecule has 0 saturated carbocycles. The van der Waals surface area contributed by atoms with Gasteiger partial charge in [-0.3, -0.25) is 9.59 Å². The van der Waals surface area contributed by atoms with Crippen molar-refractivity contribution in [3.8, 4) is 0 Å². The molecule has 1 saturated heterocycles. The quantitative estimate of drug-likeness (QED) is 0.797. The highest BCUT2D eigenvalue weighted by molar-refractivity contribution is 6.05. The van der Waals surface area contributed by atoms with Crippen LogP contribution in [-0.2, 0) is 9.59 Å². The number of H-pyrrole nitrogens is 1. The van der Waals surface area contributed by atoms with Crippen molar-refractivity contribution in [2.45, 2.75) is 0 Å². The fourth-order valence-corrected chi connectivity index (χ4v) is 2.31. The summed E-state index contributed by atoms with van der Waals surface area (Å²) in [5.41, 5.74) is 1.43. The second kappa shape index (κ2) is 4.76. The Morgan fingerprint density at radius 2 is 2.30 bits per heavy atom. The lowest BCUT2D eigenvalue weighted by atomic mass is 10.2. The zero-order valence-corrected chi connectivity index (χ0v) is 10.7. The van der Waals surface area contributed by atoms with Crippen LogP contribution in [0.1, 0.15) is 0 Å². The first kappa shape index (κ1) is 12.3. The van der Waals surface area contributed by atoms with Crippen LogP contribution < -0.4 is 4.90 Å². The number of nitrogens with one attached hydrogen (secondary N) is 1. The van der Waals surface area contributed by atoms with Gasteiger partial charge in [0.1, 0.15) is 18.5 Å². The Morgan fingerprint density at radius 3 is 3.05 bits per heavy atom. The van der Waals surface area contributed by atoms with Gasteiger partial charge in [-0.25, -0.2) is 9.97 Å². The minimum Gasteiger partial charge on any atom is -0.344 e. The van der Waals surface area contributed by atoms with E-state index in [9.17, 15) is 9.59 Å². The third-order valence-electron chi connectivity index (χ3n) is 3.33. The number of hydrogen-bond acceptors (Lipinski definition) is 4. The molecule has 3 rings (SSSR count). The van der Waals surface area contributed by atoms with Gasteiger partial charge in [-0.15, -0.1) is 0 Å². The average Bonchev–Trinajstić information content (AvgIpc) is 2.90. The van der Waals surface area contributed by atoms with E-state index < -0.39 is 0 Å². The second-order valence-corrected chi connectivity index (χ2v) is 4.47. The summed E-state index contributed by atoms with van der Waals surface area (Å²) in [6.45, 7) is 4.42. The highest BCUT2D eigenvalue weighted by atomic mass is 16.2. The second-order valence-electron chi connectivity index (χ2n) is 4.47. The van der Waals surface area contributed by atoms with Crippen LogP contribution in [0.25, 0.3) is 11.0 Å². The predicted octanol–water partition coefficient (Wildman–Crippen LogP) is 0.319. The standard InChI is InChI=1S/C13H13N5O2/c1-2-11(19)17-3-4-18(12(20)7-17)10-6-15-13-9(10)5-14-8-16-13/h2,5-6,8H,1,3-4,7H2,(H,14,15,16). The van der Waals surface area contributed by atoms with Gasteiger partial charge >= 0.3 is 0 Å². The average molecular weight is 271 g/mol. The molecule has 102 valence electrons. The number of rotatable bonds is 2. The monoisotopic (exact) mass is 271 g/mol. The van der Waals surface area contributed by atoms with Crippen LogP contribution in [0.4, 0.5) is 5.69 Å². The van der Waals surface area contributed by atoms with E-state index >= 15 is 0 Å². The molecular formula is C13H13N5O2. The van der Waals surface area contributed by atoms with Crippen molar-refractivity contribution in [3.63, 3.8) is 0 Å². The molecule has 2 aromatic heterocycles. The van der Waals surface area contributed by atoms with E-state index in [-0.39, 0.29) is 18.4 Å². The summed E-state index contributed by atoms with van der Waals surface area (Å²) in [6.07, 6.45) is 6.08. The highest BCUT2D eigenvalue weighted by Gasteiger charge is 2.28. The van der Waals surface area contributed by atoms with Crippen molar-refractivity contribution in [2.75, 3.05) is 24.5 Å². The minimum atomic E-state index is -0.222. The maximum atomic E-state index is 12.2. The number of carbonyl (C=O) groups excluding carboxylic acids is 2. The Labute approximate surface area is 114 Å². The molecule has 20 heavy (non-hydrogen) atoms. The molecule has 1 aliphatic rings. The zero-order valence-electron chi connectivity index (χ0n) is 10.7. The van der Waals surface area contributed by atoms with E-state index in [1.165, 1.54) is 17.3 Å². The first-order valence-corrected chi connectivity index (χ1v) is 6.19. The Morgan fingerprint density at radius 1 is 1.45 bits per heavy atom. The van der Waals surface area contributed by atoms with E-state index in [2.05, 4.69) is 21.5 Å². The van der Waals surface area contributed by atoms with Crippen molar-refractivity contribution in [1.82, 2.24) is 19.9 Å². The summed E-state index contributed by atoms with van der Waals surface area (Å²) in [5, 5.41) is 0.796. The molecule has 0 aliphatic carbocycles. The van der Waals surface area contributed by atoms with E-state index in [4.69, 9.17) is 0 Å². The molecule has 0 bridgehead atoms. The number of hydrogen-bond donors (Lipinski definition) is 1. The summed E-state index contributed by atoms with van der Waals surface area (Å²) in [4.78, 5) is 38.0. The fourth-order valence-electron chi connectivity index (χ4n) is 2.31. The Hall–Kier alpha value is -2.70. The van der Waals surface area contributed by atoms with Crippen LogP contribution in [0.15, 0.2) is 31.4 Å². The smallest absolute Gasteiger partial charge is 0.246 e. The summed E-state index contributed by atoms with van der Waals surface area (Å²) in [7, 11) is 0.